The van der Waals surface area contributed by atoms with Crippen LogP contribution in [0.1, 0.15) is 29.8 Å². The fraction of sp³-hybridized carbons (Fsp3) is 0.273. The average molecular weight is 454 g/mol. The van der Waals surface area contributed by atoms with Crippen LogP contribution in [0.4, 0.5) is 4.39 Å². The fourth-order valence-electron chi connectivity index (χ4n) is 4.06. The third kappa shape index (κ3) is 3.72. The molecule has 5 rings (SSSR count). The number of aromatic nitrogens is 4. The highest BCUT2D eigenvalue weighted by molar-refractivity contribution is 8.00. The molecule has 9 heteroatoms. The smallest absolute Gasteiger partial charge is 0.233 e. The van der Waals surface area contributed by atoms with Gasteiger partial charge in [0.1, 0.15) is 17.2 Å². The van der Waals surface area contributed by atoms with Crippen molar-refractivity contribution >= 4 is 40.0 Å². The van der Waals surface area contributed by atoms with Gasteiger partial charge in [-0.25, -0.2) is 19.0 Å². The number of amides is 1. The zero-order valence-corrected chi connectivity index (χ0v) is 18.5. The molecule has 1 aliphatic rings. The predicted molar refractivity (Wildman–Crippen MR) is 120 cm³/mol. The van der Waals surface area contributed by atoms with Crippen molar-refractivity contribution in [2.24, 2.45) is 0 Å². The Balaban J connectivity index is 1.35. The Morgan fingerprint density at radius 2 is 2.10 bits per heavy atom. The maximum Gasteiger partial charge on any atom is 0.233 e. The molecular formula is C22H20FN5OS2. The maximum absolute atomic E-state index is 13.3. The third-order valence-corrected chi connectivity index (χ3v) is 7.52. The van der Waals surface area contributed by atoms with Crippen LogP contribution >= 0.6 is 23.1 Å². The Labute approximate surface area is 187 Å². The molecular weight excluding hydrogens is 433 g/mol. The number of thiophene rings is 1. The molecule has 3 aromatic heterocycles. The summed E-state index contributed by atoms with van der Waals surface area (Å²) in [6.07, 6.45) is 4.99. The number of hydrogen-bond acceptors (Lipinski definition) is 6. The van der Waals surface area contributed by atoms with E-state index < -0.39 is 0 Å². The van der Waals surface area contributed by atoms with Gasteiger partial charge in [0.15, 0.2) is 5.65 Å². The van der Waals surface area contributed by atoms with Crippen LogP contribution < -0.4 is 0 Å². The van der Waals surface area contributed by atoms with Gasteiger partial charge in [0.2, 0.25) is 5.91 Å². The normalized spacial score (nSPS) is 15.9. The molecule has 158 valence electrons. The molecule has 4 aromatic rings. The van der Waals surface area contributed by atoms with E-state index in [1.54, 1.807) is 34.3 Å². The first kappa shape index (κ1) is 20.1. The van der Waals surface area contributed by atoms with Gasteiger partial charge in [0, 0.05) is 11.4 Å². The SMILES string of the molecule is CCC1c2ccsc2CCN1C(=O)CSc1ncnc2c1cnn2-c1ccc(F)cc1. The Bertz CT molecular complexity index is 1240. The molecule has 1 atom stereocenters. The lowest BCUT2D eigenvalue weighted by Crippen LogP contribution is -2.40. The molecule has 1 unspecified atom stereocenters. The summed E-state index contributed by atoms with van der Waals surface area (Å²) < 4.78 is 14.9. The maximum atomic E-state index is 13.3. The molecule has 0 aliphatic carbocycles. The fourth-order valence-corrected chi connectivity index (χ4v) is 5.83. The molecule has 0 spiro atoms. The monoisotopic (exact) mass is 453 g/mol. The summed E-state index contributed by atoms with van der Waals surface area (Å²) in [5.41, 5.74) is 2.64. The second-order valence-corrected chi connectivity index (χ2v) is 9.26. The number of benzene rings is 1. The average Bonchev–Trinajstić information content (AvgIpc) is 3.44. The number of halogens is 1. The first-order chi connectivity index (χ1) is 15.2. The van der Waals surface area contributed by atoms with E-state index >= 15 is 0 Å². The van der Waals surface area contributed by atoms with Gasteiger partial charge in [0.05, 0.1) is 29.1 Å². The molecule has 1 amide bonds. The molecule has 1 aliphatic heterocycles. The van der Waals surface area contributed by atoms with E-state index in [-0.39, 0.29) is 17.8 Å². The predicted octanol–water partition coefficient (Wildman–Crippen LogP) is 4.64. The summed E-state index contributed by atoms with van der Waals surface area (Å²) in [6, 6.07) is 8.38. The third-order valence-electron chi connectivity index (χ3n) is 5.53. The van der Waals surface area contributed by atoms with Gasteiger partial charge in [0.25, 0.3) is 0 Å². The second kappa shape index (κ2) is 8.39. The molecule has 4 heterocycles. The van der Waals surface area contributed by atoms with Crippen molar-refractivity contribution < 1.29 is 9.18 Å². The number of carbonyl (C=O) groups is 1. The topological polar surface area (TPSA) is 63.9 Å². The van der Waals surface area contributed by atoms with Crippen molar-refractivity contribution in [2.45, 2.75) is 30.8 Å². The zero-order valence-electron chi connectivity index (χ0n) is 16.9. The van der Waals surface area contributed by atoms with E-state index in [0.29, 0.717) is 22.1 Å². The minimum absolute atomic E-state index is 0.117. The second-order valence-electron chi connectivity index (χ2n) is 7.30. The van der Waals surface area contributed by atoms with Crippen molar-refractivity contribution in [2.75, 3.05) is 12.3 Å². The van der Waals surface area contributed by atoms with Crippen molar-refractivity contribution in [3.63, 3.8) is 0 Å². The van der Waals surface area contributed by atoms with Gasteiger partial charge >= 0.3 is 0 Å². The Morgan fingerprint density at radius 3 is 2.90 bits per heavy atom. The van der Waals surface area contributed by atoms with E-state index in [1.807, 2.05) is 4.90 Å². The van der Waals surface area contributed by atoms with E-state index in [4.69, 9.17) is 0 Å². The molecule has 0 saturated heterocycles. The summed E-state index contributed by atoms with van der Waals surface area (Å²) >= 11 is 3.19. The Kier molecular flexibility index (Phi) is 5.45. The lowest BCUT2D eigenvalue weighted by molar-refractivity contribution is -0.131. The highest BCUT2D eigenvalue weighted by Gasteiger charge is 2.30. The highest BCUT2D eigenvalue weighted by atomic mass is 32.2. The van der Waals surface area contributed by atoms with Gasteiger partial charge in [-0.15, -0.1) is 11.3 Å². The van der Waals surface area contributed by atoms with Crippen molar-refractivity contribution in [3.8, 4) is 5.69 Å². The Hall–Kier alpha value is -2.78. The van der Waals surface area contributed by atoms with Crippen molar-refractivity contribution in [1.29, 1.82) is 0 Å². The molecule has 31 heavy (non-hydrogen) atoms. The Morgan fingerprint density at radius 1 is 1.26 bits per heavy atom. The first-order valence-electron chi connectivity index (χ1n) is 10.1. The van der Waals surface area contributed by atoms with E-state index in [1.165, 1.54) is 40.7 Å². The van der Waals surface area contributed by atoms with E-state index in [2.05, 4.69) is 33.4 Å². The van der Waals surface area contributed by atoms with E-state index in [9.17, 15) is 9.18 Å². The minimum Gasteiger partial charge on any atom is -0.335 e. The highest BCUT2D eigenvalue weighted by Crippen LogP contribution is 2.36. The van der Waals surface area contributed by atoms with Crippen LogP contribution in [-0.2, 0) is 11.2 Å². The lowest BCUT2D eigenvalue weighted by Gasteiger charge is -2.35. The van der Waals surface area contributed by atoms with Gasteiger partial charge in [-0.05, 0) is 54.1 Å². The molecule has 0 bridgehead atoms. The molecule has 0 N–H and O–H groups in total. The number of carbonyl (C=O) groups excluding carboxylic acids is 1. The molecule has 0 radical (unpaired) electrons. The summed E-state index contributed by atoms with van der Waals surface area (Å²) in [5.74, 6) is 0.123. The minimum atomic E-state index is -0.303. The van der Waals surface area contributed by atoms with Crippen LogP contribution in [0.3, 0.4) is 0 Å². The molecule has 0 fully saturated rings. The van der Waals surface area contributed by atoms with Gasteiger partial charge < -0.3 is 4.90 Å². The first-order valence-corrected chi connectivity index (χ1v) is 12.0. The van der Waals surface area contributed by atoms with Crippen LogP contribution in [0, 0.1) is 5.82 Å². The molecule has 1 aromatic carbocycles. The summed E-state index contributed by atoms with van der Waals surface area (Å²) in [7, 11) is 0. The van der Waals surface area contributed by atoms with Crippen molar-refractivity contribution in [3.05, 3.63) is 64.5 Å². The number of thioether (sulfide) groups is 1. The number of rotatable bonds is 5. The van der Waals surface area contributed by atoms with Crippen LogP contribution in [0.2, 0.25) is 0 Å². The van der Waals surface area contributed by atoms with Crippen LogP contribution in [0.5, 0.6) is 0 Å². The van der Waals surface area contributed by atoms with Crippen LogP contribution in [0.25, 0.3) is 16.7 Å². The number of hydrogen-bond donors (Lipinski definition) is 0. The van der Waals surface area contributed by atoms with Gasteiger partial charge in [-0.3, -0.25) is 4.79 Å². The standard InChI is InChI=1S/C22H20FN5OS2/c1-2-18-16-8-10-30-19(16)7-9-27(18)20(29)12-31-22-17-11-26-28(21(17)24-13-25-22)15-5-3-14(23)4-6-15/h3-6,8,10-11,13,18H,2,7,9,12H2,1H3. The molecule has 6 nitrogen and oxygen atoms in total. The largest absolute Gasteiger partial charge is 0.335 e. The summed E-state index contributed by atoms with van der Waals surface area (Å²) in [5, 5.41) is 8.01. The van der Waals surface area contributed by atoms with Gasteiger partial charge in [-0.1, -0.05) is 18.7 Å². The molecule has 0 saturated carbocycles. The van der Waals surface area contributed by atoms with Crippen molar-refractivity contribution in [1.82, 2.24) is 24.6 Å². The van der Waals surface area contributed by atoms with Gasteiger partial charge in [-0.2, -0.15) is 5.10 Å². The number of nitrogens with zero attached hydrogens (tertiary/aromatic N) is 5. The van der Waals surface area contributed by atoms with Crippen LogP contribution in [0.15, 0.2) is 53.3 Å². The van der Waals surface area contributed by atoms with Crippen LogP contribution in [-0.4, -0.2) is 42.9 Å². The number of fused-ring (bicyclic) bond motifs is 2. The zero-order chi connectivity index (χ0) is 21.4. The quantitative estimate of drug-likeness (QED) is 0.325. The summed E-state index contributed by atoms with van der Waals surface area (Å²) in [6.45, 7) is 2.88. The van der Waals surface area contributed by atoms with E-state index in [0.717, 1.165) is 24.8 Å². The summed E-state index contributed by atoms with van der Waals surface area (Å²) in [4.78, 5) is 25.2. The lowest BCUT2D eigenvalue weighted by atomic mass is 9.98.